The number of anilines is 1. The molecule has 0 aliphatic rings. The van der Waals surface area contributed by atoms with Crippen molar-refractivity contribution in [3.8, 4) is 0 Å². The zero-order chi connectivity index (χ0) is 21.7. The smallest absolute Gasteiger partial charge is 0.280 e. The highest BCUT2D eigenvalue weighted by atomic mass is 35.5. The van der Waals surface area contributed by atoms with Crippen molar-refractivity contribution in [2.45, 2.75) is 11.8 Å². The molecule has 0 fully saturated rings. The number of pyridine rings is 1. The third-order valence-corrected chi connectivity index (χ3v) is 5.51. The number of aryl methyl sites for hydroxylation is 1. The van der Waals surface area contributed by atoms with Crippen molar-refractivity contribution in [2.75, 3.05) is 4.72 Å². The van der Waals surface area contributed by atoms with Gasteiger partial charge in [0.1, 0.15) is 5.69 Å². The highest BCUT2D eigenvalue weighted by molar-refractivity contribution is 7.92. The molecule has 3 N–H and O–H groups in total. The van der Waals surface area contributed by atoms with Crippen LogP contribution >= 0.6 is 11.6 Å². The Balaban J connectivity index is 1.71. The van der Waals surface area contributed by atoms with Crippen LogP contribution in [0, 0.1) is 6.92 Å². The quantitative estimate of drug-likeness (QED) is 0.523. The Labute approximate surface area is 178 Å². The lowest BCUT2D eigenvalue weighted by molar-refractivity contribution is 0.0843. The Morgan fingerprint density at radius 2 is 1.60 bits per heavy atom. The molecular formula is C20H17ClN4O4S. The maximum Gasteiger partial charge on any atom is 0.288 e. The van der Waals surface area contributed by atoms with Crippen molar-refractivity contribution in [3.63, 3.8) is 0 Å². The maximum atomic E-state index is 12.6. The molecule has 0 bridgehead atoms. The second kappa shape index (κ2) is 8.93. The summed E-state index contributed by atoms with van der Waals surface area (Å²) >= 11 is 5.87. The van der Waals surface area contributed by atoms with E-state index in [1.165, 1.54) is 36.4 Å². The highest BCUT2D eigenvalue weighted by Crippen LogP contribution is 2.20. The first-order valence-electron chi connectivity index (χ1n) is 8.67. The standard InChI is InChI=1S/C20H17ClN4O4S/c1-13-5-2-10-18(22-13)20(27)24-23-19(26)14-6-3-9-17(11-14)30(28,29)25-16-8-4-7-15(21)12-16/h2-12,25H,1H3,(H,23,26)(H,24,27). The van der Waals surface area contributed by atoms with Gasteiger partial charge in [-0.3, -0.25) is 25.2 Å². The first kappa shape index (κ1) is 21.3. The summed E-state index contributed by atoms with van der Waals surface area (Å²) < 4.78 is 27.6. The minimum atomic E-state index is -3.95. The average molecular weight is 445 g/mol. The molecule has 0 radical (unpaired) electrons. The lowest BCUT2D eigenvalue weighted by Crippen LogP contribution is -2.42. The molecule has 10 heteroatoms. The van der Waals surface area contributed by atoms with Gasteiger partial charge in [-0.15, -0.1) is 0 Å². The zero-order valence-electron chi connectivity index (χ0n) is 15.7. The highest BCUT2D eigenvalue weighted by Gasteiger charge is 2.17. The number of hydrazine groups is 1. The molecule has 3 aromatic rings. The van der Waals surface area contributed by atoms with Crippen LogP contribution in [0.1, 0.15) is 26.5 Å². The monoisotopic (exact) mass is 444 g/mol. The van der Waals surface area contributed by atoms with Crippen LogP contribution in [0.5, 0.6) is 0 Å². The van der Waals surface area contributed by atoms with E-state index in [1.807, 2.05) is 0 Å². The van der Waals surface area contributed by atoms with Gasteiger partial charge >= 0.3 is 0 Å². The normalized spacial score (nSPS) is 10.9. The van der Waals surface area contributed by atoms with Crippen LogP contribution in [-0.2, 0) is 10.0 Å². The number of sulfonamides is 1. The van der Waals surface area contributed by atoms with Gasteiger partial charge in [-0.1, -0.05) is 29.8 Å². The van der Waals surface area contributed by atoms with Gasteiger partial charge in [-0.05, 0) is 55.5 Å². The number of hydrogen-bond acceptors (Lipinski definition) is 5. The van der Waals surface area contributed by atoms with Crippen LogP contribution < -0.4 is 15.6 Å². The lowest BCUT2D eigenvalue weighted by atomic mass is 10.2. The molecule has 0 saturated carbocycles. The second-order valence-corrected chi connectivity index (χ2v) is 8.33. The molecule has 0 atom stereocenters. The Hall–Kier alpha value is -3.43. The fourth-order valence-electron chi connectivity index (χ4n) is 2.49. The molecule has 1 aromatic heterocycles. The SMILES string of the molecule is Cc1cccc(C(=O)NNC(=O)c2cccc(S(=O)(=O)Nc3cccc(Cl)c3)c2)n1. The number of nitrogens with one attached hydrogen (secondary N) is 3. The molecular weight excluding hydrogens is 428 g/mol. The van der Waals surface area contributed by atoms with Crippen LogP contribution in [0.4, 0.5) is 5.69 Å². The third-order valence-electron chi connectivity index (χ3n) is 3.89. The molecule has 2 amide bonds. The first-order valence-corrected chi connectivity index (χ1v) is 10.5. The van der Waals surface area contributed by atoms with E-state index in [9.17, 15) is 18.0 Å². The van der Waals surface area contributed by atoms with Gasteiger partial charge in [0.05, 0.1) is 10.6 Å². The number of benzene rings is 2. The largest absolute Gasteiger partial charge is 0.288 e. The van der Waals surface area contributed by atoms with Gasteiger partial charge in [-0.2, -0.15) is 0 Å². The second-order valence-electron chi connectivity index (χ2n) is 6.22. The van der Waals surface area contributed by atoms with Crippen LogP contribution in [-0.4, -0.2) is 25.2 Å². The van der Waals surface area contributed by atoms with Crippen LogP contribution in [0.2, 0.25) is 5.02 Å². The molecule has 3 rings (SSSR count). The molecule has 1 heterocycles. The van der Waals surface area contributed by atoms with E-state index < -0.39 is 21.8 Å². The first-order chi connectivity index (χ1) is 14.2. The topological polar surface area (TPSA) is 117 Å². The van der Waals surface area contributed by atoms with Crippen molar-refractivity contribution in [1.82, 2.24) is 15.8 Å². The van der Waals surface area contributed by atoms with Gasteiger partial charge in [0.15, 0.2) is 0 Å². The van der Waals surface area contributed by atoms with E-state index >= 15 is 0 Å². The van der Waals surface area contributed by atoms with E-state index in [-0.39, 0.29) is 21.8 Å². The molecule has 0 aliphatic carbocycles. The summed E-state index contributed by atoms with van der Waals surface area (Å²) in [4.78, 5) is 28.4. The van der Waals surface area contributed by atoms with Gasteiger partial charge < -0.3 is 0 Å². The molecule has 0 saturated heterocycles. The van der Waals surface area contributed by atoms with Crippen molar-refractivity contribution >= 4 is 39.1 Å². The van der Waals surface area contributed by atoms with E-state index in [0.29, 0.717) is 10.7 Å². The Kier molecular flexibility index (Phi) is 6.34. The van der Waals surface area contributed by atoms with Gasteiger partial charge in [-0.25, -0.2) is 13.4 Å². The van der Waals surface area contributed by atoms with Gasteiger partial charge in [0.25, 0.3) is 21.8 Å². The van der Waals surface area contributed by atoms with Crippen LogP contribution in [0.25, 0.3) is 0 Å². The summed E-state index contributed by atoms with van der Waals surface area (Å²) in [6, 6.07) is 16.5. The number of rotatable bonds is 5. The fourth-order valence-corrected chi connectivity index (χ4v) is 3.78. The number of aromatic nitrogens is 1. The van der Waals surface area contributed by atoms with E-state index in [0.717, 1.165) is 0 Å². The number of nitrogens with zero attached hydrogens (tertiary/aromatic N) is 1. The molecule has 0 unspecified atom stereocenters. The number of carbonyl (C=O) groups excluding carboxylic acids is 2. The summed E-state index contributed by atoms with van der Waals surface area (Å²) in [7, 11) is -3.95. The van der Waals surface area contributed by atoms with Crippen molar-refractivity contribution in [1.29, 1.82) is 0 Å². The van der Waals surface area contributed by atoms with Crippen molar-refractivity contribution in [2.24, 2.45) is 0 Å². The summed E-state index contributed by atoms with van der Waals surface area (Å²) in [6.07, 6.45) is 0. The Bertz CT molecular complexity index is 1210. The average Bonchev–Trinajstić information content (AvgIpc) is 2.71. The summed E-state index contributed by atoms with van der Waals surface area (Å²) in [5.74, 6) is -1.28. The van der Waals surface area contributed by atoms with Crippen molar-refractivity contribution < 1.29 is 18.0 Å². The molecule has 154 valence electrons. The summed E-state index contributed by atoms with van der Waals surface area (Å²) in [6.45, 7) is 1.73. The molecule has 2 aromatic carbocycles. The fraction of sp³-hybridized carbons (Fsp3) is 0.0500. The minimum Gasteiger partial charge on any atom is -0.280 e. The van der Waals surface area contributed by atoms with E-state index in [4.69, 9.17) is 11.6 Å². The van der Waals surface area contributed by atoms with Crippen molar-refractivity contribution in [3.05, 3.63) is 88.7 Å². The predicted molar refractivity (Wildman–Crippen MR) is 113 cm³/mol. The van der Waals surface area contributed by atoms with E-state index in [1.54, 1.807) is 37.3 Å². The minimum absolute atomic E-state index is 0.0430. The third kappa shape index (κ3) is 5.34. The van der Waals surface area contributed by atoms with Gasteiger partial charge in [0.2, 0.25) is 0 Å². The van der Waals surface area contributed by atoms with E-state index in [2.05, 4.69) is 20.6 Å². The zero-order valence-corrected chi connectivity index (χ0v) is 17.3. The maximum absolute atomic E-state index is 12.6. The van der Waals surface area contributed by atoms with Crippen LogP contribution in [0.3, 0.4) is 0 Å². The number of halogens is 1. The van der Waals surface area contributed by atoms with Crippen LogP contribution in [0.15, 0.2) is 71.6 Å². The Morgan fingerprint density at radius 1 is 0.900 bits per heavy atom. The molecule has 0 spiro atoms. The number of carbonyl (C=O) groups is 2. The number of amides is 2. The van der Waals surface area contributed by atoms with Gasteiger partial charge in [0, 0.05) is 16.3 Å². The molecule has 8 nitrogen and oxygen atoms in total. The molecule has 0 aliphatic heterocycles. The summed E-state index contributed by atoms with van der Waals surface area (Å²) in [5.41, 5.74) is 5.61. The predicted octanol–water partition coefficient (Wildman–Crippen LogP) is 2.92. The Morgan fingerprint density at radius 3 is 2.33 bits per heavy atom. The number of hydrogen-bond donors (Lipinski definition) is 3. The lowest BCUT2D eigenvalue weighted by Gasteiger charge is -2.10. The summed E-state index contributed by atoms with van der Waals surface area (Å²) in [5, 5.41) is 0.377. The molecule has 30 heavy (non-hydrogen) atoms.